The molecule has 1 aliphatic heterocycles. The van der Waals surface area contributed by atoms with E-state index in [1.807, 2.05) is 0 Å². The van der Waals surface area contributed by atoms with Gasteiger partial charge in [-0.3, -0.25) is 4.90 Å². The molecule has 0 aromatic rings. The highest BCUT2D eigenvalue weighted by Gasteiger charge is 2.20. The van der Waals surface area contributed by atoms with Gasteiger partial charge in [0, 0.05) is 24.4 Å². The minimum absolute atomic E-state index is 0.264. The third-order valence-electron chi connectivity index (χ3n) is 3.53. The van der Waals surface area contributed by atoms with E-state index in [9.17, 15) is 8.42 Å². The first kappa shape index (κ1) is 14.9. The summed E-state index contributed by atoms with van der Waals surface area (Å²) in [5.41, 5.74) is 0. The number of hydrogen-bond donors (Lipinski definition) is 1. The van der Waals surface area contributed by atoms with Gasteiger partial charge in [0.05, 0.1) is 5.75 Å². The third kappa shape index (κ3) is 5.36. The van der Waals surface area contributed by atoms with E-state index in [1.54, 1.807) is 6.92 Å². The Hall–Kier alpha value is -0.130. The van der Waals surface area contributed by atoms with Crippen LogP contribution in [0.15, 0.2) is 0 Å². The molecule has 4 nitrogen and oxygen atoms in total. The zero-order chi connectivity index (χ0) is 12.9. The van der Waals surface area contributed by atoms with Crippen LogP contribution in [0.25, 0.3) is 0 Å². The first-order chi connectivity index (χ1) is 7.94. The van der Waals surface area contributed by atoms with Crippen molar-refractivity contribution >= 4 is 9.84 Å². The summed E-state index contributed by atoms with van der Waals surface area (Å²) in [5, 5.41) is 3.46. The van der Waals surface area contributed by atoms with Crippen LogP contribution in [0.1, 0.15) is 33.6 Å². The summed E-state index contributed by atoms with van der Waals surface area (Å²) in [5.74, 6) is 0.592. The standard InChI is InChI=1S/C12H26N2O2S/c1-4-17(15,16)9-5-8-14-10-11(2)13-7-6-12(14)3/h11-13H,4-10H2,1-3H3. The lowest BCUT2D eigenvalue weighted by Gasteiger charge is -2.27. The van der Waals surface area contributed by atoms with Crippen molar-refractivity contribution < 1.29 is 8.42 Å². The molecule has 0 aliphatic carbocycles. The molecule has 1 saturated heterocycles. The molecule has 17 heavy (non-hydrogen) atoms. The lowest BCUT2D eigenvalue weighted by molar-refractivity contribution is 0.208. The van der Waals surface area contributed by atoms with Gasteiger partial charge in [-0.2, -0.15) is 0 Å². The van der Waals surface area contributed by atoms with Gasteiger partial charge >= 0.3 is 0 Å². The maximum atomic E-state index is 11.4. The predicted molar refractivity (Wildman–Crippen MR) is 72.1 cm³/mol. The van der Waals surface area contributed by atoms with Crippen LogP contribution in [0.5, 0.6) is 0 Å². The van der Waals surface area contributed by atoms with Crippen molar-refractivity contribution in [1.29, 1.82) is 0 Å². The average Bonchev–Trinajstić information content (AvgIpc) is 2.41. The molecule has 1 rings (SSSR count). The van der Waals surface area contributed by atoms with E-state index in [0.29, 0.717) is 17.8 Å². The number of nitrogens with one attached hydrogen (secondary N) is 1. The van der Waals surface area contributed by atoms with Gasteiger partial charge in [-0.1, -0.05) is 6.92 Å². The smallest absolute Gasteiger partial charge is 0.150 e. The molecule has 0 saturated carbocycles. The summed E-state index contributed by atoms with van der Waals surface area (Å²) in [7, 11) is -2.80. The summed E-state index contributed by atoms with van der Waals surface area (Å²) in [6.07, 6.45) is 1.90. The van der Waals surface area contributed by atoms with Crippen LogP contribution in [0.4, 0.5) is 0 Å². The Morgan fingerprint density at radius 3 is 2.71 bits per heavy atom. The molecule has 5 heteroatoms. The second kappa shape index (κ2) is 6.71. The molecule has 0 aromatic carbocycles. The minimum atomic E-state index is -2.80. The second-order valence-corrected chi connectivity index (χ2v) is 7.55. The summed E-state index contributed by atoms with van der Waals surface area (Å²) in [6.45, 7) is 9.11. The van der Waals surface area contributed by atoms with Crippen LogP contribution in [0, 0.1) is 0 Å². The van der Waals surface area contributed by atoms with Gasteiger partial charge in [0.15, 0.2) is 0 Å². The number of sulfone groups is 1. The Bertz CT molecular complexity index is 316. The molecule has 0 aromatic heterocycles. The minimum Gasteiger partial charge on any atom is -0.313 e. The quantitative estimate of drug-likeness (QED) is 0.799. The van der Waals surface area contributed by atoms with E-state index >= 15 is 0 Å². The maximum Gasteiger partial charge on any atom is 0.150 e. The van der Waals surface area contributed by atoms with E-state index in [2.05, 4.69) is 24.1 Å². The number of rotatable bonds is 5. The normalized spacial score (nSPS) is 27.9. The molecule has 102 valence electrons. The highest BCUT2D eigenvalue weighted by molar-refractivity contribution is 7.91. The topological polar surface area (TPSA) is 49.4 Å². The highest BCUT2D eigenvalue weighted by Crippen LogP contribution is 2.10. The van der Waals surface area contributed by atoms with Crippen molar-refractivity contribution in [3.8, 4) is 0 Å². The zero-order valence-electron chi connectivity index (χ0n) is 11.3. The van der Waals surface area contributed by atoms with Crippen molar-refractivity contribution in [2.75, 3.05) is 31.1 Å². The Kier molecular flexibility index (Phi) is 5.89. The second-order valence-electron chi connectivity index (χ2n) is 5.08. The maximum absolute atomic E-state index is 11.4. The summed E-state index contributed by atoms with van der Waals surface area (Å²) >= 11 is 0. The Morgan fingerprint density at radius 2 is 2.06 bits per heavy atom. The van der Waals surface area contributed by atoms with Crippen LogP contribution in [0.3, 0.4) is 0 Å². The Labute approximate surface area is 106 Å². The lowest BCUT2D eigenvalue weighted by atomic mass is 10.2. The van der Waals surface area contributed by atoms with E-state index in [1.165, 1.54) is 0 Å². The van der Waals surface area contributed by atoms with Gasteiger partial charge in [-0.15, -0.1) is 0 Å². The molecule has 1 N–H and O–H groups in total. The predicted octanol–water partition coefficient (Wildman–Crippen LogP) is 0.884. The van der Waals surface area contributed by atoms with Crippen LogP contribution in [-0.2, 0) is 9.84 Å². The molecule has 0 amide bonds. The van der Waals surface area contributed by atoms with E-state index in [4.69, 9.17) is 0 Å². The van der Waals surface area contributed by atoms with E-state index < -0.39 is 9.84 Å². The fourth-order valence-electron chi connectivity index (χ4n) is 2.26. The zero-order valence-corrected chi connectivity index (χ0v) is 12.1. The number of nitrogens with zero attached hydrogens (tertiary/aromatic N) is 1. The molecule has 2 unspecified atom stereocenters. The molecule has 0 radical (unpaired) electrons. The summed E-state index contributed by atoms with van der Waals surface area (Å²) < 4.78 is 22.8. The molecule has 1 fully saturated rings. The average molecular weight is 262 g/mol. The fraction of sp³-hybridized carbons (Fsp3) is 1.00. The molecule has 0 bridgehead atoms. The van der Waals surface area contributed by atoms with Gasteiger partial charge in [0.1, 0.15) is 9.84 Å². The van der Waals surface area contributed by atoms with Crippen molar-refractivity contribution in [3.63, 3.8) is 0 Å². The largest absolute Gasteiger partial charge is 0.313 e. The van der Waals surface area contributed by atoms with Crippen molar-refractivity contribution in [3.05, 3.63) is 0 Å². The highest BCUT2D eigenvalue weighted by atomic mass is 32.2. The summed E-state index contributed by atoms with van der Waals surface area (Å²) in [4.78, 5) is 2.41. The monoisotopic (exact) mass is 262 g/mol. The molecular weight excluding hydrogens is 236 g/mol. The van der Waals surface area contributed by atoms with Crippen molar-refractivity contribution in [2.45, 2.75) is 45.7 Å². The lowest BCUT2D eigenvalue weighted by Crippen LogP contribution is -2.39. The van der Waals surface area contributed by atoms with Gasteiger partial charge in [0.25, 0.3) is 0 Å². The third-order valence-corrected chi connectivity index (χ3v) is 5.32. The van der Waals surface area contributed by atoms with Crippen LogP contribution < -0.4 is 5.32 Å². The fourth-order valence-corrected chi connectivity index (χ4v) is 3.12. The van der Waals surface area contributed by atoms with Gasteiger partial charge in [-0.25, -0.2) is 8.42 Å². The van der Waals surface area contributed by atoms with Crippen LogP contribution >= 0.6 is 0 Å². The van der Waals surface area contributed by atoms with Gasteiger partial charge < -0.3 is 5.32 Å². The van der Waals surface area contributed by atoms with Crippen molar-refractivity contribution in [2.24, 2.45) is 0 Å². The molecular formula is C12H26N2O2S. The van der Waals surface area contributed by atoms with Crippen LogP contribution in [0.2, 0.25) is 0 Å². The van der Waals surface area contributed by atoms with E-state index in [-0.39, 0.29) is 5.75 Å². The SMILES string of the molecule is CCS(=O)(=O)CCCN1CC(C)NCCC1C. The Balaban J connectivity index is 2.38. The molecule has 0 spiro atoms. The molecule has 1 heterocycles. The first-order valence-electron chi connectivity index (χ1n) is 6.62. The molecule has 2 atom stereocenters. The van der Waals surface area contributed by atoms with Crippen molar-refractivity contribution in [1.82, 2.24) is 10.2 Å². The van der Waals surface area contributed by atoms with E-state index in [0.717, 1.165) is 32.5 Å². The molecule has 1 aliphatic rings. The van der Waals surface area contributed by atoms with Gasteiger partial charge in [0.2, 0.25) is 0 Å². The van der Waals surface area contributed by atoms with Crippen LogP contribution in [-0.4, -0.2) is 56.5 Å². The summed E-state index contributed by atoms with van der Waals surface area (Å²) in [6, 6.07) is 1.06. The number of hydrogen-bond acceptors (Lipinski definition) is 4. The Morgan fingerprint density at radius 1 is 1.35 bits per heavy atom. The first-order valence-corrected chi connectivity index (χ1v) is 8.44. The van der Waals surface area contributed by atoms with Gasteiger partial charge in [-0.05, 0) is 39.8 Å².